The first-order valence-electron chi connectivity index (χ1n) is 13.9. The van der Waals surface area contributed by atoms with E-state index in [9.17, 15) is 28.0 Å². The van der Waals surface area contributed by atoms with Crippen molar-refractivity contribution >= 4 is 35.1 Å². The van der Waals surface area contributed by atoms with Crippen molar-refractivity contribution in [2.75, 3.05) is 31.6 Å². The Morgan fingerprint density at radius 3 is 2.80 bits per heavy atom. The first-order valence-corrected chi connectivity index (χ1v) is 13.9. The summed E-state index contributed by atoms with van der Waals surface area (Å²) in [6, 6.07) is 9.46. The zero-order valence-electron chi connectivity index (χ0n) is 23.5. The van der Waals surface area contributed by atoms with E-state index in [1.165, 1.54) is 6.20 Å². The molecule has 3 amide bonds. The molecule has 3 aromatic rings. The number of hydrogen-bond donors (Lipinski definition) is 3. The lowest BCUT2D eigenvalue weighted by atomic mass is 9.86. The molecule has 1 atom stereocenters. The number of nitriles is 1. The molecule has 12 nitrogen and oxygen atoms in total. The van der Waals surface area contributed by atoms with Crippen molar-refractivity contribution in [3.8, 4) is 17.3 Å². The standard InChI is InChI=1S/C29H30F3N9O3/c30-29(31,32)16-36-27(43)39-22-4-1-3-19(9-22)24-15-35-25-10-20(14-38-41(24)25)21(12-34)13-37-28(6-7-33)17-40(18-28)26(42)11-23-5-2-8-44-23/h1,3-4,9-10,12-15,23H,2,5-6,8,11,16-18,34H2,(H2,36,39,43)/b21-12+,37-13?. The molecule has 4 N–H and O–H groups in total. The number of anilines is 1. The van der Waals surface area contributed by atoms with Gasteiger partial charge in [0.25, 0.3) is 0 Å². The van der Waals surface area contributed by atoms with Crippen molar-refractivity contribution in [1.82, 2.24) is 24.8 Å². The number of rotatable bonds is 9. The zero-order valence-corrected chi connectivity index (χ0v) is 23.5. The highest BCUT2D eigenvalue weighted by molar-refractivity contribution is 6.10. The molecule has 44 heavy (non-hydrogen) atoms. The number of alkyl halides is 3. The van der Waals surface area contributed by atoms with E-state index in [-0.39, 0.29) is 24.1 Å². The number of benzene rings is 1. The van der Waals surface area contributed by atoms with Gasteiger partial charge in [0.2, 0.25) is 5.91 Å². The van der Waals surface area contributed by atoms with Gasteiger partial charge in [0, 0.05) is 54.5 Å². The smallest absolute Gasteiger partial charge is 0.404 e. The van der Waals surface area contributed by atoms with Gasteiger partial charge in [-0.3, -0.25) is 9.79 Å². The van der Waals surface area contributed by atoms with Crippen LogP contribution >= 0.6 is 0 Å². The van der Waals surface area contributed by atoms with Gasteiger partial charge in [0.05, 0.1) is 43.1 Å². The zero-order chi connectivity index (χ0) is 31.3. The number of carbonyl (C=O) groups excluding carboxylic acids is 2. The minimum Gasteiger partial charge on any atom is -0.404 e. The van der Waals surface area contributed by atoms with Gasteiger partial charge < -0.3 is 26.0 Å². The number of nitrogens with one attached hydrogen (secondary N) is 2. The van der Waals surface area contributed by atoms with E-state index < -0.39 is 24.3 Å². The number of carbonyl (C=O) groups is 2. The molecule has 0 spiro atoms. The maximum atomic E-state index is 12.6. The largest absolute Gasteiger partial charge is 0.405 e. The predicted molar refractivity (Wildman–Crippen MR) is 155 cm³/mol. The van der Waals surface area contributed by atoms with Crippen LogP contribution < -0.4 is 16.4 Å². The van der Waals surface area contributed by atoms with Crippen molar-refractivity contribution < 1.29 is 27.5 Å². The van der Waals surface area contributed by atoms with Gasteiger partial charge in [-0.1, -0.05) is 12.1 Å². The number of aliphatic imine (C=N–C) groups is 1. The summed E-state index contributed by atoms with van der Waals surface area (Å²) in [5, 5.41) is 18.0. The molecule has 5 rings (SSSR count). The second-order valence-electron chi connectivity index (χ2n) is 10.7. The SMILES string of the molecule is N#CCC1(N=C/C(=C\N)c2cnn3c(-c4cccc(NC(=O)NCC(F)(F)F)c4)cnc3c2)CN(C(=O)CC2CCCO2)C1. The lowest BCUT2D eigenvalue weighted by Gasteiger charge is -2.46. The van der Waals surface area contributed by atoms with Crippen molar-refractivity contribution in [1.29, 1.82) is 5.26 Å². The fourth-order valence-electron chi connectivity index (χ4n) is 5.12. The fourth-order valence-corrected chi connectivity index (χ4v) is 5.12. The maximum absolute atomic E-state index is 12.6. The van der Waals surface area contributed by atoms with Crippen LogP contribution in [0.3, 0.4) is 0 Å². The van der Waals surface area contributed by atoms with Gasteiger partial charge in [-0.25, -0.2) is 14.3 Å². The summed E-state index contributed by atoms with van der Waals surface area (Å²) >= 11 is 0. The quantitative estimate of drug-likeness (QED) is 0.313. The monoisotopic (exact) mass is 609 g/mol. The number of ether oxygens (including phenoxy) is 1. The summed E-state index contributed by atoms with van der Waals surface area (Å²) in [6.07, 6.45) is 3.84. The Balaban J connectivity index is 1.27. The molecule has 1 aromatic carbocycles. The molecule has 2 aromatic heterocycles. The molecule has 0 radical (unpaired) electrons. The third-order valence-electron chi connectivity index (χ3n) is 7.37. The van der Waals surface area contributed by atoms with Gasteiger partial charge in [-0.15, -0.1) is 0 Å². The Bertz CT molecular complexity index is 1630. The molecular formula is C29H30F3N9O3. The highest BCUT2D eigenvalue weighted by Crippen LogP contribution is 2.31. The molecule has 0 saturated carbocycles. The van der Waals surface area contributed by atoms with E-state index in [0.717, 1.165) is 12.8 Å². The number of fused-ring (bicyclic) bond motifs is 1. The van der Waals surface area contributed by atoms with Crippen LogP contribution in [-0.2, 0) is 9.53 Å². The Kier molecular flexibility index (Phi) is 8.81. The maximum Gasteiger partial charge on any atom is 0.405 e. The summed E-state index contributed by atoms with van der Waals surface area (Å²) in [7, 11) is 0. The van der Waals surface area contributed by atoms with Crippen LogP contribution in [0.5, 0.6) is 0 Å². The van der Waals surface area contributed by atoms with Gasteiger partial charge in [0.1, 0.15) is 12.1 Å². The summed E-state index contributed by atoms with van der Waals surface area (Å²) in [5.41, 5.74) is 8.32. The number of nitrogens with zero attached hydrogens (tertiary/aromatic N) is 6. The van der Waals surface area contributed by atoms with Crippen LogP contribution in [-0.4, -0.2) is 81.7 Å². The van der Waals surface area contributed by atoms with Crippen LogP contribution in [0.15, 0.2) is 53.9 Å². The number of halogens is 3. The van der Waals surface area contributed by atoms with Gasteiger partial charge in [-0.2, -0.15) is 23.5 Å². The number of urea groups is 1. The summed E-state index contributed by atoms with van der Waals surface area (Å²) in [6.45, 7) is -0.106. The number of imidazole rings is 1. The second-order valence-corrected chi connectivity index (χ2v) is 10.7. The van der Waals surface area contributed by atoms with E-state index in [1.807, 2.05) is 0 Å². The fraction of sp³-hybridized carbons (Fsp3) is 0.379. The minimum atomic E-state index is -4.52. The Morgan fingerprint density at radius 2 is 2.09 bits per heavy atom. The van der Waals surface area contributed by atoms with Crippen molar-refractivity contribution in [2.45, 2.75) is 43.5 Å². The molecule has 0 bridgehead atoms. The van der Waals surface area contributed by atoms with E-state index in [2.05, 4.69) is 26.5 Å². The molecule has 15 heteroatoms. The highest BCUT2D eigenvalue weighted by Gasteiger charge is 2.45. The predicted octanol–water partition coefficient (Wildman–Crippen LogP) is 3.51. The van der Waals surface area contributed by atoms with E-state index in [1.54, 1.807) is 63.7 Å². The Morgan fingerprint density at radius 1 is 1.27 bits per heavy atom. The molecule has 0 aliphatic carbocycles. The number of aromatic nitrogens is 3. The lowest BCUT2D eigenvalue weighted by Crippen LogP contribution is -2.62. The Hall–Kier alpha value is -4.97. The van der Waals surface area contributed by atoms with Gasteiger partial charge >= 0.3 is 12.2 Å². The van der Waals surface area contributed by atoms with Gasteiger partial charge in [-0.05, 0) is 31.0 Å². The van der Waals surface area contributed by atoms with Crippen LogP contribution in [0.2, 0.25) is 0 Å². The lowest BCUT2D eigenvalue weighted by molar-refractivity contribution is -0.140. The molecule has 2 aliphatic rings. The van der Waals surface area contributed by atoms with E-state index in [0.29, 0.717) is 54.2 Å². The van der Waals surface area contributed by atoms with E-state index >= 15 is 0 Å². The molecule has 1 unspecified atom stereocenters. The molecule has 2 aliphatic heterocycles. The molecular weight excluding hydrogens is 579 g/mol. The van der Waals surface area contributed by atoms with Crippen LogP contribution in [0.4, 0.5) is 23.7 Å². The van der Waals surface area contributed by atoms with Crippen LogP contribution in [0.1, 0.15) is 31.2 Å². The van der Waals surface area contributed by atoms with Crippen molar-refractivity contribution in [3.05, 3.63) is 54.5 Å². The molecule has 2 saturated heterocycles. The number of likely N-dealkylation sites (tertiary alicyclic amines) is 1. The number of nitrogens with two attached hydrogens (primary N) is 1. The molecule has 4 heterocycles. The van der Waals surface area contributed by atoms with Crippen molar-refractivity contribution in [3.63, 3.8) is 0 Å². The van der Waals surface area contributed by atoms with Crippen LogP contribution in [0, 0.1) is 11.3 Å². The summed E-state index contributed by atoms with van der Waals surface area (Å²) in [4.78, 5) is 35.3. The Labute approximate surface area is 250 Å². The number of allylic oxidation sites excluding steroid dienone is 1. The first kappa shape index (κ1) is 30.5. The third-order valence-corrected chi connectivity index (χ3v) is 7.37. The highest BCUT2D eigenvalue weighted by atomic mass is 19.4. The third kappa shape index (κ3) is 7.14. The first-order chi connectivity index (χ1) is 21.1. The van der Waals surface area contributed by atoms with Crippen LogP contribution in [0.25, 0.3) is 22.5 Å². The number of amides is 3. The van der Waals surface area contributed by atoms with E-state index in [4.69, 9.17) is 10.5 Å². The summed E-state index contributed by atoms with van der Waals surface area (Å²) in [5.74, 6) is -0.00828. The molecule has 2 fully saturated rings. The minimum absolute atomic E-state index is 0.00828. The second kappa shape index (κ2) is 12.7. The normalized spacial score (nSPS) is 18.3. The van der Waals surface area contributed by atoms with Crippen molar-refractivity contribution in [2.24, 2.45) is 10.7 Å². The molecule has 230 valence electrons. The average molecular weight is 610 g/mol. The average Bonchev–Trinajstić information content (AvgIpc) is 3.64. The summed E-state index contributed by atoms with van der Waals surface area (Å²) < 4.78 is 44.3. The topological polar surface area (TPSA) is 163 Å². The number of hydrogen-bond acceptors (Lipinski definition) is 8. The van der Waals surface area contributed by atoms with Gasteiger partial charge in [0.15, 0.2) is 5.65 Å².